The minimum Gasteiger partial charge on any atom is -0.497 e. The van der Waals surface area contributed by atoms with Gasteiger partial charge in [0.1, 0.15) is 11.4 Å². The summed E-state index contributed by atoms with van der Waals surface area (Å²) in [6, 6.07) is 5.36. The molecule has 1 saturated carbocycles. The number of halogens is 1. The molecular formula is C19H25BrN2O4. The van der Waals surface area contributed by atoms with E-state index in [4.69, 9.17) is 9.47 Å². The first-order chi connectivity index (χ1) is 12.1. The summed E-state index contributed by atoms with van der Waals surface area (Å²) in [4.78, 5) is 29.1. The van der Waals surface area contributed by atoms with Gasteiger partial charge in [-0.3, -0.25) is 4.79 Å². The third kappa shape index (κ3) is 3.82. The molecule has 1 aliphatic heterocycles. The van der Waals surface area contributed by atoms with E-state index in [2.05, 4.69) is 15.9 Å². The molecule has 1 saturated heterocycles. The zero-order valence-corrected chi connectivity index (χ0v) is 17.3. The van der Waals surface area contributed by atoms with Crippen molar-refractivity contribution in [3.63, 3.8) is 0 Å². The number of rotatable bonds is 2. The zero-order valence-electron chi connectivity index (χ0n) is 15.7. The monoisotopic (exact) mass is 424 g/mol. The quantitative estimate of drug-likeness (QED) is 0.726. The second-order valence-electron chi connectivity index (χ2n) is 7.93. The van der Waals surface area contributed by atoms with Crippen molar-refractivity contribution in [2.75, 3.05) is 26.7 Å². The Labute approximate surface area is 162 Å². The molecule has 3 rings (SSSR count). The first-order valence-electron chi connectivity index (χ1n) is 8.79. The lowest BCUT2D eigenvalue weighted by Crippen LogP contribution is -2.58. The summed E-state index contributed by atoms with van der Waals surface area (Å²) in [5, 5.41) is 0. The van der Waals surface area contributed by atoms with E-state index in [1.54, 1.807) is 30.2 Å². The van der Waals surface area contributed by atoms with Crippen LogP contribution in [-0.4, -0.2) is 59.7 Å². The minimum atomic E-state index is -0.519. The molecule has 142 valence electrons. The topological polar surface area (TPSA) is 59.1 Å². The molecule has 0 aromatic heterocycles. The van der Waals surface area contributed by atoms with Crippen LogP contribution in [0.2, 0.25) is 0 Å². The van der Waals surface area contributed by atoms with Crippen molar-refractivity contribution in [3.8, 4) is 5.75 Å². The van der Waals surface area contributed by atoms with Crippen LogP contribution in [0.1, 0.15) is 44.0 Å². The summed E-state index contributed by atoms with van der Waals surface area (Å²) >= 11 is 3.47. The standard InChI is InChI=1S/C19H25BrN2O4/c1-18(2,3)26-17(24)21-9-10-22(19(12-21)7-8-19)16(23)14-6-5-13(25-4)11-15(14)20/h5-6,11H,7-10,12H2,1-4H3. The molecule has 1 aromatic rings. The van der Waals surface area contributed by atoms with E-state index in [0.717, 1.165) is 12.8 Å². The number of carbonyl (C=O) groups excluding carboxylic acids is 2. The van der Waals surface area contributed by atoms with Gasteiger partial charge in [0.2, 0.25) is 0 Å². The smallest absolute Gasteiger partial charge is 0.410 e. The second kappa shape index (κ2) is 6.76. The van der Waals surface area contributed by atoms with Gasteiger partial charge in [-0.15, -0.1) is 0 Å². The lowest BCUT2D eigenvalue weighted by molar-refractivity contribution is 0.000610. The van der Waals surface area contributed by atoms with Gasteiger partial charge in [0.05, 0.1) is 18.2 Å². The van der Waals surface area contributed by atoms with Gasteiger partial charge in [0.15, 0.2) is 0 Å². The maximum absolute atomic E-state index is 13.1. The van der Waals surface area contributed by atoms with Crippen molar-refractivity contribution in [1.29, 1.82) is 0 Å². The van der Waals surface area contributed by atoms with E-state index in [1.165, 1.54) is 0 Å². The summed E-state index contributed by atoms with van der Waals surface area (Å²) in [5.74, 6) is 0.685. The van der Waals surface area contributed by atoms with Crippen molar-refractivity contribution in [2.45, 2.75) is 44.8 Å². The van der Waals surface area contributed by atoms with Gasteiger partial charge in [-0.1, -0.05) is 0 Å². The molecule has 1 spiro atoms. The Morgan fingerprint density at radius 1 is 1.19 bits per heavy atom. The van der Waals surface area contributed by atoms with Crippen LogP contribution in [0.5, 0.6) is 5.75 Å². The first kappa shape index (κ1) is 19.0. The van der Waals surface area contributed by atoms with Crippen LogP contribution in [0.3, 0.4) is 0 Å². The Kier molecular flexibility index (Phi) is 4.94. The summed E-state index contributed by atoms with van der Waals surface area (Å²) in [6.07, 6.45) is 1.51. The van der Waals surface area contributed by atoms with Gasteiger partial charge in [-0.2, -0.15) is 0 Å². The highest BCUT2D eigenvalue weighted by atomic mass is 79.9. The molecule has 0 unspecified atom stereocenters. The summed E-state index contributed by atoms with van der Waals surface area (Å²) in [6.45, 7) is 7.10. The Morgan fingerprint density at radius 3 is 2.42 bits per heavy atom. The number of ether oxygens (including phenoxy) is 2. The Morgan fingerprint density at radius 2 is 1.88 bits per heavy atom. The fourth-order valence-corrected chi connectivity index (χ4v) is 3.82. The van der Waals surface area contributed by atoms with E-state index < -0.39 is 5.60 Å². The largest absolute Gasteiger partial charge is 0.497 e. The van der Waals surface area contributed by atoms with Gasteiger partial charge in [-0.25, -0.2) is 4.79 Å². The fourth-order valence-electron chi connectivity index (χ4n) is 3.29. The second-order valence-corrected chi connectivity index (χ2v) is 8.78. The van der Waals surface area contributed by atoms with Crippen LogP contribution in [-0.2, 0) is 4.74 Å². The lowest BCUT2D eigenvalue weighted by atomic mass is 10.1. The number of nitrogens with zero attached hydrogens (tertiary/aromatic N) is 2. The summed E-state index contributed by atoms with van der Waals surface area (Å²) in [7, 11) is 1.60. The van der Waals surface area contributed by atoms with E-state index >= 15 is 0 Å². The maximum Gasteiger partial charge on any atom is 0.410 e. The van der Waals surface area contributed by atoms with Gasteiger partial charge in [-0.05, 0) is 67.7 Å². The third-order valence-electron chi connectivity index (χ3n) is 4.78. The SMILES string of the molecule is COc1ccc(C(=O)N2CCN(C(=O)OC(C)(C)C)CC23CC3)c(Br)c1. The van der Waals surface area contributed by atoms with Gasteiger partial charge >= 0.3 is 6.09 Å². The van der Waals surface area contributed by atoms with Crippen molar-refractivity contribution < 1.29 is 19.1 Å². The number of amides is 2. The molecule has 2 fully saturated rings. The first-order valence-corrected chi connectivity index (χ1v) is 9.58. The molecule has 1 aromatic carbocycles. The normalized spacial score (nSPS) is 18.7. The zero-order chi connectivity index (χ0) is 19.1. The van der Waals surface area contributed by atoms with Crippen LogP contribution in [0.15, 0.2) is 22.7 Å². The van der Waals surface area contributed by atoms with Crippen LogP contribution in [0, 0.1) is 0 Å². The number of hydrogen-bond donors (Lipinski definition) is 0. The summed E-state index contributed by atoms with van der Waals surface area (Å²) < 4.78 is 11.4. The molecule has 0 radical (unpaired) electrons. The van der Waals surface area contributed by atoms with E-state index in [0.29, 0.717) is 35.4 Å². The highest BCUT2D eigenvalue weighted by Crippen LogP contribution is 2.45. The van der Waals surface area contributed by atoms with Crippen molar-refractivity contribution in [3.05, 3.63) is 28.2 Å². The molecular weight excluding hydrogens is 400 g/mol. The number of methoxy groups -OCH3 is 1. The fraction of sp³-hybridized carbons (Fsp3) is 0.579. The van der Waals surface area contributed by atoms with E-state index in [-0.39, 0.29) is 17.5 Å². The molecule has 2 aliphatic rings. The molecule has 1 heterocycles. The van der Waals surface area contributed by atoms with Gasteiger partial charge in [0.25, 0.3) is 5.91 Å². The van der Waals surface area contributed by atoms with E-state index in [1.807, 2.05) is 25.7 Å². The van der Waals surface area contributed by atoms with Crippen LogP contribution < -0.4 is 4.74 Å². The molecule has 7 heteroatoms. The average Bonchev–Trinajstić information content (AvgIpc) is 3.32. The van der Waals surface area contributed by atoms with E-state index in [9.17, 15) is 9.59 Å². The molecule has 0 N–H and O–H groups in total. The third-order valence-corrected chi connectivity index (χ3v) is 5.44. The predicted octanol–water partition coefficient (Wildman–Crippen LogP) is 3.68. The number of piperazine rings is 1. The average molecular weight is 425 g/mol. The molecule has 2 amide bonds. The van der Waals surface area contributed by atoms with Crippen LogP contribution in [0.25, 0.3) is 0 Å². The molecule has 6 nitrogen and oxygen atoms in total. The predicted molar refractivity (Wildman–Crippen MR) is 102 cm³/mol. The molecule has 1 aliphatic carbocycles. The molecule has 0 bridgehead atoms. The molecule has 26 heavy (non-hydrogen) atoms. The van der Waals surface area contributed by atoms with Crippen molar-refractivity contribution in [1.82, 2.24) is 9.80 Å². The Bertz CT molecular complexity index is 725. The summed E-state index contributed by atoms with van der Waals surface area (Å²) in [5.41, 5.74) is -0.164. The lowest BCUT2D eigenvalue weighted by Gasteiger charge is -2.42. The highest BCUT2D eigenvalue weighted by Gasteiger charge is 2.54. The number of benzene rings is 1. The minimum absolute atomic E-state index is 0.0131. The highest BCUT2D eigenvalue weighted by molar-refractivity contribution is 9.10. The van der Waals surface area contributed by atoms with Crippen LogP contribution >= 0.6 is 15.9 Å². The maximum atomic E-state index is 13.1. The van der Waals surface area contributed by atoms with Gasteiger partial charge in [0, 0.05) is 24.1 Å². The number of carbonyl (C=O) groups is 2. The van der Waals surface area contributed by atoms with Gasteiger partial charge < -0.3 is 19.3 Å². The van der Waals surface area contributed by atoms with Crippen molar-refractivity contribution >= 4 is 27.9 Å². The Balaban J connectivity index is 1.74. The Hall–Kier alpha value is -1.76. The van der Waals surface area contributed by atoms with Crippen LogP contribution in [0.4, 0.5) is 4.79 Å². The van der Waals surface area contributed by atoms with Crippen molar-refractivity contribution in [2.24, 2.45) is 0 Å². The molecule has 0 atom stereocenters. The number of hydrogen-bond acceptors (Lipinski definition) is 4.